The van der Waals surface area contributed by atoms with Crippen LogP contribution in [0.2, 0.25) is 0 Å². The van der Waals surface area contributed by atoms with Crippen molar-refractivity contribution in [2.45, 2.75) is 19.5 Å². The number of nitriles is 1. The minimum absolute atomic E-state index is 0.105. The summed E-state index contributed by atoms with van der Waals surface area (Å²) in [6.45, 7) is -0.812. The summed E-state index contributed by atoms with van der Waals surface area (Å²) in [4.78, 5) is 12.5. The highest BCUT2D eigenvalue weighted by Gasteiger charge is 2.29. The summed E-state index contributed by atoms with van der Waals surface area (Å²) in [6, 6.07) is 9.07. The van der Waals surface area contributed by atoms with Gasteiger partial charge in [0.2, 0.25) is 0 Å². The second-order valence-electron chi connectivity index (χ2n) is 8.33. The number of alkyl halides is 2. The highest BCUT2D eigenvalue weighted by atomic mass is 19.3. The van der Waals surface area contributed by atoms with Crippen LogP contribution in [0.1, 0.15) is 34.3 Å². The molecular weight excluding hydrogens is 442 g/mol. The zero-order valence-electron chi connectivity index (χ0n) is 18.6. The van der Waals surface area contributed by atoms with Crippen molar-refractivity contribution in [1.29, 1.82) is 5.26 Å². The molecule has 1 unspecified atom stereocenters. The van der Waals surface area contributed by atoms with E-state index in [0.29, 0.717) is 39.8 Å². The van der Waals surface area contributed by atoms with Gasteiger partial charge in [-0.2, -0.15) is 24.2 Å². The lowest BCUT2D eigenvalue weighted by molar-refractivity contribution is -0.0502. The van der Waals surface area contributed by atoms with Gasteiger partial charge in [0.25, 0.3) is 5.91 Å². The standard InChI is InChI=1S/C24H20F2N6O2/c1-12-9-28-23(33)21-17(12)5-14(7-19(21)34-24(25)26)22-20-15(8-27)4-13(6-18(20)30-32(22)3)16-10-29-31(2)11-16/h4-7,10-12,24H,9H2,1-3H3,(H,28,33). The summed E-state index contributed by atoms with van der Waals surface area (Å²) >= 11 is 0. The van der Waals surface area contributed by atoms with Gasteiger partial charge in [0, 0.05) is 43.4 Å². The minimum atomic E-state index is -3.09. The molecule has 8 nitrogen and oxygen atoms in total. The van der Waals surface area contributed by atoms with Crippen molar-refractivity contribution in [3.05, 3.63) is 53.3 Å². The second kappa shape index (κ2) is 7.95. The highest BCUT2D eigenvalue weighted by molar-refractivity contribution is 6.03. The van der Waals surface area contributed by atoms with Crippen LogP contribution in [-0.2, 0) is 14.1 Å². The number of benzene rings is 2. The predicted molar refractivity (Wildman–Crippen MR) is 120 cm³/mol. The van der Waals surface area contributed by atoms with E-state index in [-0.39, 0.29) is 17.2 Å². The maximum absolute atomic E-state index is 13.2. The smallest absolute Gasteiger partial charge is 0.387 e. The molecule has 5 rings (SSSR count). The molecule has 0 saturated heterocycles. The number of nitrogens with zero attached hydrogens (tertiary/aromatic N) is 5. The fourth-order valence-electron chi connectivity index (χ4n) is 4.52. The molecule has 34 heavy (non-hydrogen) atoms. The number of aromatic nitrogens is 4. The Kier molecular flexibility index (Phi) is 5.05. The molecule has 1 N–H and O–H groups in total. The second-order valence-corrected chi connectivity index (χ2v) is 8.33. The molecule has 0 aliphatic carbocycles. The van der Waals surface area contributed by atoms with Crippen molar-refractivity contribution in [2.24, 2.45) is 14.1 Å². The van der Waals surface area contributed by atoms with Gasteiger partial charge in [0.05, 0.1) is 34.6 Å². The lowest BCUT2D eigenvalue weighted by atomic mass is 9.88. The van der Waals surface area contributed by atoms with Crippen LogP contribution in [0.3, 0.4) is 0 Å². The van der Waals surface area contributed by atoms with Crippen LogP contribution in [0.25, 0.3) is 33.3 Å². The Morgan fingerprint density at radius 2 is 2.00 bits per heavy atom. The van der Waals surface area contributed by atoms with E-state index >= 15 is 0 Å². The quantitative estimate of drug-likeness (QED) is 0.495. The first-order chi connectivity index (χ1) is 16.3. The van der Waals surface area contributed by atoms with Crippen LogP contribution in [0.5, 0.6) is 5.75 Å². The Hall–Kier alpha value is -4.26. The average molecular weight is 462 g/mol. The maximum atomic E-state index is 13.2. The van der Waals surface area contributed by atoms with Gasteiger partial charge in [-0.25, -0.2) is 0 Å². The van der Waals surface area contributed by atoms with E-state index < -0.39 is 12.5 Å². The third-order valence-corrected chi connectivity index (χ3v) is 6.04. The average Bonchev–Trinajstić information content (AvgIpc) is 3.37. The Balaban J connectivity index is 1.76. The number of aryl methyl sites for hydroxylation is 2. The largest absolute Gasteiger partial charge is 0.434 e. The first-order valence-corrected chi connectivity index (χ1v) is 10.6. The van der Waals surface area contributed by atoms with Crippen LogP contribution in [-0.4, -0.2) is 38.6 Å². The van der Waals surface area contributed by atoms with Gasteiger partial charge in [0.1, 0.15) is 5.75 Å². The Bertz CT molecular complexity index is 1500. The fraction of sp³-hybridized carbons (Fsp3) is 0.250. The topological polar surface area (TPSA) is 97.8 Å². The van der Waals surface area contributed by atoms with E-state index in [1.54, 1.807) is 34.7 Å². The number of hydrogen-bond donors (Lipinski definition) is 1. The van der Waals surface area contributed by atoms with Crippen molar-refractivity contribution in [3.8, 4) is 34.2 Å². The molecule has 2 aromatic carbocycles. The Labute approximate surface area is 193 Å². The van der Waals surface area contributed by atoms with Crippen molar-refractivity contribution < 1.29 is 18.3 Å². The maximum Gasteiger partial charge on any atom is 0.387 e. The number of ether oxygens (including phenoxy) is 1. The van der Waals surface area contributed by atoms with Gasteiger partial charge < -0.3 is 10.1 Å². The van der Waals surface area contributed by atoms with Crippen molar-refractivity contribution in [1.82, 2.24) is 24.9 Å². The number of hydrogen-bond acceptors (Lipinski definition) is 5. The van der Waals surface area contributed by atoms with E-state index in [1.165, 1.54) is 6.07 Å². The summed E-state index contributed by atoms with van der Waals surface area (Å²) in [5.41, 5.74) is 4.42. The predicted octanol–water partition coefficient (Wildman–Crippen LogP) is 3.96. The number of rotatable bonds is 4. The molecule has 172 valence electrons. The summed E-state index contributed by atoms with van der Waals surface area (Å²) < 4.78 is 34.5. The first kappa shape index (κ1) is 21.6. The van der Waals surface area contributed by atoms with E-state index in [4.69, 9.17) is 4.74 Å². The van der Waals surface area contributed by atoms with Crippen LogP contribution < -0.4 is 10.1 Å². The third-order valence-electron chi connectivity index (χ3n) is 6.04. The van der Waals surface area contributed by atoms with Gasteiger partial charge in [-0.15, -0.1) is 0 Å². The van der Waals surface area contributed by atoms with Crippen LogP contribution in [0, 0.1) is 11.3 Å². The highest BCUT2D eigenvalue weighted by Crippen LogP contribution is 2.40. The van der Waals surface area contributed by atoms with Gasteiger partial charge in [-0.1, -0.05) is 6.92 Å². The molecule has 1 aliphatic heterocycles. The molecule has 0 bridgehead atoms. The normalized spacial score (nSPS) is 15.3. The van der Waals surface area contributed by atoms with Gasteiger partial charge >= 0.3 is 6.61 Å². The molecule has 1 atom stereocenters. The molecule has 0 spiro atoms. The zero-order chi connectivity index (χ0) is 24.1. The molecule has 1 amide bonds. The van der Waals surface area contributed by atoms with Crippen molar-refractivity contribution in [2.75, 3.05) is 6.54 Å². The van der Waals surface area contributed by atoms with Crippen molar-refractivity contribution >= 4 is 16.8 Å². The molecule has 0 radical (unpaired) electrons. The molecule has 0 fully saturated rings. The van der Waals surface area contributed by atoms with Crippen LogP contribution in [0.15, 0.2) is 36.7 Å². The first-order valence-electron chi connectivity index (χ1n) is 10.6. The minimum Gasteiger partial charge on any atom is -0.434 e. The van der Waals surface area contributed by atoms with Gasteiger partial charge in [-0.05, 0) is 41.3 Å². The van der Waals surface area contributed by atoms with E-state index in [2.05, 4.69) is 21.6 Å². The summed E-state index contributed by atoms with van der Waals surface area (Å²) in [5, 5.41) is 22.0. The number of amides is 1. The Morgan fingerprint density at radius 3 is 2.68 bits per heavy atom. The number of fused-ring (bicyclic) bond motifs is 2. The van der Waals surface area contributed by atoms with E-state index in [9.17, 15) is 18.8 Å². The van der Waals surface area contributed by atoms with Gasteiger partial charge in [0.15, 0.2) is 0 Å². The van der Waals surface area contributed by atoms with Crippen LogP contribution in [0.4, 0.5) is 8.78 Å². The number of carbonyl (C=O) groups excluding carboxylic acids is 1. The molecule has 1 aliphatic rings. The molecule has 2 aromatic heterocycles. The monoisotopic (exact) mass is 462 g/mol. The molecule has 10 heteroatoms. The lowest BCUT2D eigenvalue weighted by Gasteiger charge is -2.25. The SMILES string of the molecule is CC1CNC(=O)c2c(OC(F)F)cc(-c3c4c(C#N)cc(-c5cnn(C)c5)cc4nn3C)cc21. The summed E-state index contributed by atoms with van der Waals surface area (Å²) in [6.07, 6.45) is 3.55. The van der Waals surface area contributed by atoms with Crippen LogP contribution >= 0.6 is 0 Å². The van der Waals surface area contributed by atoms with E-state index in [0.717, 1.165) is 11.1 Å². The molecule has 4 aromatic rings. The molecular formula is C24H20F2N6O2. The number of nitrogens with one attached hydrogen (secondary N) is 1. The summed E-state index contributed by atoms with van der Waals surface area (Å²) in [7, 11) is 3.53. The lowest BCUT2D eigenvalue weighted by Crippen LogP contribution is -2.34. The molecule has 0 saturated carbocycles. The van der Waals surface area contributed by atoms with Crippen molar-refractivity contribution in [3.63, 3.8) is 0 Å². The number of carbonyl (C=O) groups is 1. The molecule has 3 heterocycles. The summed E-state index contributed by atoms with van der Waals surface area (Å²) in [5.74, 6) is -0.768. The van der Waals surface area contributed by atoms with E-state index in [1.807, 2.05) is 26.2 Å². The number of halogens is 2. The Morgan fingerprint density at radius 1 is 1.21 bits per heavy atom. The third kappa shape index (κ3) is 3.46. The van der Waals surface area contributed by atoms with Gasteiger partial charge in [-0.3, -0.25) is 14.2 Å². The zero-order valence-corrected chi connectivity index (χ0v) is 18.6. The fourth-order valence-corrected chi connectivity index (χ4v) is 4.52.